The molecule has 0 atom stereocenters. The Morgan fingerprint density at radius 3 is 2.04 bits per heavy atom. The lowest BCUT2D eigenvalue weighted by atomic mass is 9.88. The lowest BCUT2D eigenvalue weighted by Gasteiger charge is -2.48. The summed E-state index contributed by atoms with van der Waals surface area (Å²) in [5.74, 6) is 0. The van der Waals surface area contributed by atoms with Crippen LogP contribution in [0.3, 0.4) is 0 Å². The minimum atomic E-state index is 0. The molecule has 0 spiro atoms. The average Bonchev–Trinajstić information content (AvgIpc) is 2.50. The van der Waals surface area contributed by atoms with Crippen molar-refractivity contribution in [3.63, 3.8) is 0 Å². The molecule has 2 aliphatic rings. The fourth-order valence-electron chi connectivity index (χ4n) is 3.57. The van der Waals surface area contributed by atoms with Crippen molar-refractivity contribution in [3.05, 3.63) is 35.9 Å². The summed E-state index contributed by atoms with van der Waals surface area (Å²) >= 11 is 0. The van der Waals surface area contributed by atoms with Gasteiger partial charge in [0.2, 0.25) is 0 Å². The quantitative estimate of drug-likeness (QED) is 0.866. The number of rotatable bonds is 3. The van der Waals surface area contributed by atoms with Gasteiger partial charge < -0.3 is 5.32 Å². The van der Waals surface area contributed by atoms with E-state index in [1.165, 1.54) is 57.7 Å². The summed E-state index contributed by atoms with van der Waals surface area (Å²) in [5, 5.41) is 3.48. The van der Waals surface area contributed by atoms with E-state index >= 15 is 0 Å². The van der Waals surface area contributed by atoms with Crippen LogP contribution < -0.4 is 5.32 Å². The Morgan fingerprint density at radius 1 is 0.913 bits per heavy atom. The Balaban J connectivity index is 0.00000161. The zero-order valence-corrected chi connectivity index (χ0v) is 16.3. The first-order valence-corrected chi connectivity index (χ1v) is 7.98. The summed E-state index contributed by atoms with van der Waals surface area (Å²) in [7, 11) is 0. The highest BCUT2D eigenvalue weighted by Crippen LogP contribution is 2.26. The normalized spacial score (nSPS) is 21.4. The second-order valence-corrected chi connectivity index (χ2v) is 6.50. The Hall–Kier alpha value is -0.0300. The number of nitrogens with zero attached hydrogens (tertiary/aromatic N) is 2. The lowest BCUT2D eigenvalue weighted by molar-refractivity contribution is 0.0211. The molecular weight excluding hydrogens is 353 g/mol. The second-order valence-electron chi connectivity index (χ2n) is 6.50. The van der Waals surface area contributed by atoms with Crippen LogP contribution in [-0.4, -0.2) is 54.6 Å². The fraction of sp³-hybridized carbons (Fsp3) is 0.647. The molecule has 1 N–H and O–H groups in total. The lowest BCUT2D eigenvalue weighted by Crippen LogP contribution is -2.58. The third-order valence-corrected chi connectivity index (χ3v) is 5.07. The van der Waals surface area contributed by atoms with Gasteiger partial charge in [-0.05, 0) is 38.4 Å². The molecule has 2 saturated heterocycles. The third kappa shape index (κ3) is 6.08. The van der Waals surface area contributed by atoms with Crippen LogP contribution in [0.2, 0.25) is 0 Å². The summed E-state index contributed by atoms with van der Waals surface area (Å²) in [4.78, 5) is 5.33. The van der Waals surface area contributed by atoms with Gasteiger partial charge in [0.05, 0.1) is 0 Å². The van der Waals surface area contributed by atoms with Crippen molar-refractivity contribution in [1.82, 2.24) is 15.1 Å². The molecule has 3 rings (SSSR count). The van der Waals surface area contributed by atoms with Crippen LogP contribution in [0.5, 0.6) is 0 Å². The van der Waals surface area contributed by atoms with E-state index in [0.717, 1.165) is 6.54 Å². The minimum Gasteiger partial charge on any atom is -0.317 e. The molecule has 0 radical (unpaired) electrons. The molecular formula is C17H30Cl3N3. The maximum absolute atomic E-state index is 3.48. The molecule has 2 aliphatic heterocycles. The van der Waals surface area contributed by atoms with Crippen molar-refractivity contribution in [2.45, 2.75) is 31.8 Å². The highest BCUT2D eigenvalue weighted by molar-refractivity contribution is 5.86. The number of halogens is 3. The van der Waals surface area contributed by atoms with Gasteiger partial charge in [-0.2, -0.15) is 0 Å². The molecule has 134 valence electrons. The van der Waals surface area contributed by atoms with E-state index in [1.807, 2.05) is 0 Å². The molecule has 2 fully saturated rings. The number of hydrogen-bond donors (Lipinski definition) is 1. The van der Waals surface area contributed by atoms with Crippen molar-refractivity contribution >= 4 is 37.2 Å². The van der Waals surface area contributed by atoms with Crippen LogP contribution in [0.1, 0.15) is 25.3 Å². The van der Waals surface area contributed by atoms with Crippen LogP contribution in [-0.2, 0) is 6.54 Å². The number of benzene rings is 1. The average molecular weight is 383 g/mol. The summed E-state index contributed by atoms with van der Waals surface area (Å²) in [6.45, 7) is 10.8. The molecule has 1 aromatic carbocycles. The molecule has 0 aliphatic carbocycles. The van der Waals surface area contributed by atoms with Crippen molar-refractivity contribution in [3.8, 4) is 0 Å². The van der Waals surface area contributed by atoms with E-state index in [2.05, 4.69) is 52.4 Å². The number of nitrogens with one attached hydrogen (secondary N) is 1. The largest absolute Gasteiger partial charge is 0.317 e. The Morgan fingerprint density at radius 2 is 1.48 bits per heavy atom. The molecule has 0 bridgehead atoms. The van der Waals surface area contributed by atoms with Gasteiger partial charge in [-0.25, -0.2) is 0 Å². The van der Waals surface area contributed by atoms with Gasteiger partial charge in [-0.1, -0.05) is 30.3 Å². The Labute approximate surface area is 159 Å². The van der Waals surface area contributed by atoms with E-state index in [-0.39, 0.29) is 37.2 Å². The highest BCUT2D eigenvalue weighted by Gasteiger charge is 2.34. The summed E-state index contributed by atoms with van der Waals surface area (Å²) in [6.07, 6.45) is 2.59. The van der Waals surface area contributed by atoms with Crippen molar-refractivity contribution in [1.29, 1.82) is 0 Å². The van der Waals surface area contributed by atoms with Crippen LogP contribution in [0.15, 0.2) is 30.3 Å². The fourth-order valence-corrected chi connectivity index (χ4v) is 3.57. The molecule has 0 amide bonds. The zero-order chi connectivity index (χ0) is 13.8. The van der Waals surface area contributed by atoms with Crippen LogP contribution in [0.4, 0.5) is 0 Å². The van der Waals surface area contributed by atoms with Crippen LogP contribution in [0, 0.1) is 0 Å². The molecule has 0 saturated carbocycles. The Bertz CT molecular complexity index is 416. The van der Waals surface area contributed by atoms with Gasteiger partial charge in [0, 0.05) is 38.3 Å². The van der Waals surface area contributed by atoms with E-state index in [4.69, 9.17) is 0 Å². The molecule has 0 aromatic heterocycles. The monoisotopic (exact) mass is 381 g/mol. The molecule has 6 heteroatoms. The van der Waals surface area contributed by atoms with Gasteiger partial charge >= 0.3 is 0 Å². The van der Waals surface area contributed by atoms with Crippen LogP contribution in [0.25, 0.3) is 0 Å². The number of piperazine rings is 1. The molecule has 3 nitrogen and oxygen atoms in total. The maximum atomic E-state index is 3.48. The molecule has 23 heavy (non-hydrogen) atoms. The van der Waals surface area contributed by atoms with Gasteiger partial charge in [-0.3, -0.25) is 9.80 Å². The van der Waals surface area contributed by atoms with Crippen molar-refractivity contribution in [2.75, 3.05) is 39.3 Å². The second kappa shape index (κ2) is 10.8. The van der Waals surface area contributed by atoms with Gasteiger partial charge in [0.15, 0.2) is 0 Å². The van der Waals surface area contributed by atoms with Gasteiger partial charge in [0.1, 0.15) is 0 Å². The molecule has 2 heterocycles. The van der Waals surface area contributed by atoms with Gasteiger partial charge in [-0.15, -0.1) is 37.2 Å². The molecule has 1 aromatic rings. The predicted molar refractivity (Wildman–Crippen MR) is 106 cm³/mol. The first kappa shape index (κ1) is 23.0. The highest BCUT2D eigenvalue weighted by atomic mass is 35.5. The van der Waals surface area contributed by atoms with Crippen molar-refractivity contribution < 1.29 is 0 Å². The van der Waals surface area contributed by atoms with E-state index in [9.17, 15) is 0 Å². The predicted octanol–water partition coefficient (Wildman–Crippen LogP) is 3.21. The van der Waals surface area contributed by atoms with Crippen LogP contribution >= 0.6 is 37.2 Å². The first-order valence-electron chi connectivity index (χ1n) is 7.98. The van der Waals surface area contributed by atoms with Gasteiger partial charge in [0.25, 0.3) is 0 Å². The maximum Gasteiger partial charge on any atom is 0.0234 e. The minimum absolute atomic E-state index is 0. The van der Waals surface area contributed by atoms with Crippen molar-refractivity contribution in [2.24, 2.45) is 0 Å². The third-order valence-electron chi connectivity index (χ3n) is 5.07. The number of piperidine rings is 1. The molecule has 0 unspecified atom stereocenters. The summed E-state index contributed by atoms with van der Waals surface area (Å²) < 4.78 is 0. The van der Waals surface area contributed by atoms with E-state index in [0.29, 0.717) is 5.54 Å². The smallest absolute Gasteiger partial charge is 0.0234 e. The topological polar surface area (TPSA) is 18.5 Å². The SMILES string of the molecule is CC1(N2CCN(Cc3ccccc3)CC2)CCNCC1.Cl.Cl.Cl. The first-order chi connectivity index (χ1) is 9.76. The Kier molecular flexibility index (Phi) is 10.7. The summed E-state index contributed by atoms with van der Waals surface area (Å²) in [5.41, 5.74) is 1.87. The summed E-state index contributed by atoms with van der Waals surface area (Å²) in [6, 6.07) is 10.9. The number of hydrogen-bond acceptors (Lipinski definition) is 3. The standard InChI is InChI=1S/C17H27N3.3ClH/c1-17(7-9-18-10-8-17)20-13-11-19(12-14-20)15-16-5-3-2-4-6-16;;;/h2-6,18H,7-15H2,1H3;3*1H. The van der Waals surface area contributed by atoms with E-state index < -0.39 is 0 Å². The zero-order valence-electron chi connectivity index (χ0n) is 13.9. The van der Waals surface area contributed by atoms with E-state index in [1.54, 1.807) is 0 Å².